The van der Waals surface area contributed by atoms with Crippen LogP contribution in [0.3, 0.4) is 0 Å². The van der Waals surface area contributed by atoms with Crippen LogP contribution in [0.2, 0.25) is 0 Å². The summed E-state index contributed by atoms with van der Waals surface area (Å²) in [5, 5.41) is 1.34. The van der Waals surface area contributed by atoms with E-state index in [0.29, 0.717) is 11.8 Å². The van der Waals surface area contributed by atoms with Gasteiger partial charge in [-0.15, -0.1) is 0 Å². The Morgan fingerprint density at radius 3 is 2.11 bits per heavy atom. The lowest BCUT2D eigenvalue weighted by atomic mass is 9.82. The normalized spacial score (nSPS) is 19.3. The third-order valence-corrected chi connectivity index (χ3v) is 6.38. The van der Waals surface area contributed by atoms with Crippen LogP contribution in [0.1, 0.15) is 51.6 Å². The Hall–Kier alpha value is -2.93. The molecule has 0 saturated carbocycles. The minimum Gasteiger partial charge on any atom is -0.247 e. The number of aryl methyl sites for hydroxylation is 2. The zero-order valence-corrected chi connectivity index (χ0v) is 15.7. The Labute approximate surface area is 159 Å². The number of nitrogens with zero attached hydrogens (tertiary/aromatic N) is 1. The Morgan fingerprint density at radius 1 is 0.741 bits per heavy atom. The Bertz CT molecular complexity index is 1210. The maximum Gasteiger partial charge on any atom is 0.0751 e. The van der Waals surface area contributed by atoms with Gasteiger partial charge in [0.05, 0.1) is 11.2 Å². The van der Waals surface area contributed by atoms with Crippen LogP contribution in [-0.2, 0) is 0 Å². The molecule has 1 heterocycles. The lowest BCUT2D eigenvalue weighted by molar-refractivity contribution is 0.797. The summed E-state index contributed by atoms with van der Waals surface area (Å²) in [4.78, 5) is 5.19. The Morgan fingerprint density at radius 2 is 1.37 bits per heavy atom. The van der Waals surface area contributed by atoms with Gasteiger partial charge in [-0.2, -0.15) is 0 Å². The molecule has 2 bridgehead atoms. The van der Waals surface area contributed by atoms with E-state index in [1.807, 2.05) is 0 Å². The number of aromatic nitrogens is 1. The Balaban J connectivity index is 1.72. The molecule has 2 unspecified atom stereocenters. The molecule has 2 aliphatic carbocycles. The fraction of sp³-hybridized carbons (Fsp3) is 0.192. The number of hydrogen-bond donors (Lipinski definition) is 0. The van der Waals surface area contributed by atoms with Crippen molar-refractivity contribution in [1.29, 1.82) is 0 Å². The topological polar surface area (TPSA) is 12.9 Å². The lowest BCUT2D eigenvalue weighted by Crippen LogP contribution is -2.07. The summed E-state index contributed by atoms with van der Waals surface area (Å²) in [7, 11) is 0. The maximum absolute atomic E-state index is 5.19. The molecule has 0 saturated heterocycles. The van der Waals surface area contributed by atoms with Crippen molar-refractivity contribution in [3.05, 3.63) is 100 Å². The highest BCUT2D eigenvalue weighted by Crippen LogP contribution is 2.59. The van der Waals surface area contributed by atoms with Crippen LogP contribution in [0, 0.1) is 13.8 Å². The molecule has 0 radical (unpaired) electrons. The van der Waals surface area contributed by atoms with Gasteiger partial charge < -0.3 is 0 Å². The fourth-order valence-corrected chi connectivity index (χ4v) is 5.49. The molecule has 1 heteroatoms. The molecule has 0 fully saturated rings. The highest BCUT2D eigenvalue weighted by atomic mass is 14.7. The number of rotatable bonds is 1. The first-order chi connectivity index (χ1) is 13.2. The van der Waals surface area contributed by atoms with Crippen molar-refractivity contribution < 1.29 is 0 Å². The second-order valence-electron chi connectivity index (χ2n) is 8.15. The number of fused-ring (bicyclic) bond motifs is 10. The highest BCUT2D eigenvalue weighted by Gasteiger charge is 2.44. The summed E-state index contributed by atoms with van der Waals surface area (Å²) in [6, 6.07) is 24.5. The maximum atomic E-state index is 5.19. The van der Waals surface area contributed by atoms with E-state index in [9.17, 15) is 0 Å². The third-order valence-electron chi connectivity index (χ3n) is 6.38. The van der Waals surface area contributed by atoms with E-state index in [1.54, 1.807) is 0 Å². The van der Waals surface area contributed by atoms with Crippen molar-refractivity contribution in [1.82, 2.24) is 4.98 Å². The van der Waals surface area contributed by atoms with E-state index in [4.69, 9.17) is 4.98 Å². The monoisotopic (exact) mass is 347 g/mol. The van der Waals surface area contributed by atoms with Crippen molar-refractivity contribution >= 4 is 10.9 Å². The predicted molar refractivity (Wildman–Crippen MR) is 111 cm³/mol. The van der Waals surface area contributed by atoms with Gasteiger partial charge in [-0.05, 0) is 60.7 Å². The summed E-state index contributed by atoms with van der Waals surface area (Å²) < 4.78 is 0. The molecular weight excluding hydrogens is 326 g/mol. The summed E-state index contributed by atoms with van der Waals surface area (Å²) in [6.45, 7) is 4.36. The van der Waals surface area contributed by atoms with Gasteiger partial charge in [0.25, 0.3) is 0 Å². The van der Waals surface area contributed by atoms with Gasteiger partial charge >= 0.3 is 0 Å². The van der Waals surface area contributed by atoms with Gasteiger partial charge in [0.15, 0.2) is 0 Å². The molecule has 2 atom stereocenters. The second kappa shape index (κ2) is 5.29. The average Bonchev–Trinajstić information content (AvgIpc) is 3.24. The summed E-state index contributed by atoms with van der Waals surface area (Å²) in [5.74, 6) is 0.993. The smallest absolute Gasteiger partial charge is 0.0751 e. The quantitative estimate of drug-likeness (QED) is 0.383. The van der Waals surface area contributed by atoms with Crippen LogP contribution in [0.4, 0.5) is 0 Å². The van der Waals surface area contributed by atoms with Gasteiger partial charge in [-0.1, -0.05) is 59.7 Å². The first-order valence-electron chi connectivity index (χ1n) is 9.81. The molecule has 4 aromatic rings. The molecule has 0 N–H and O–H groups in total. The van der Waals surface area contributed by atoms with Crippen molar-refractivity contribution in [2.75, 3.05) is 0 Å². The molecular formula is C26H21N. The molecule has 3 aromatic carbocycles. The minimum absolute atomic E-state index is 0.481. The summed E-state index contributed by atoms with van der Waals surface area (Å²) in [6.07, 6.45) is 1.20. The largest absolute Gasteiger partial charge is 0.247 e. The second-order valence-corrected chi connectivity index (χ2v) is 8.15. The zero-order valence-electron chi connectivity index (χ0n) is 15.7. The minimum atomic E-state index is 0.481. The summed E-state index contributed by atoms with van der Waals surface area (Å²) in [5.41, 5.74) is 12.2. The molecule has 1 nitrogen and oxygen atoms in total. The van der Waals surface area contributed by atoms with Crippen LogP contribution in [-0.4, -0.2) is 4.98 Å². The first kappa shape index (κ1) is 15.2. The molecule has 6 rings (SSSR count). The number of benzene rings is 3. The van der Waals surface area contributed by atoms with E-state index in [0.717, 1.165) is 5.52 Å². The number of para-hydroxylation sites is 1. The standard InChI is InChI=1S/C26H21N/c1-15-11-16(2)13-17(12-15)26-25-22-14-21(18-7-3-4-8-19(18)22)24(25)20-9-5-6-10-23(20)27-26/h3-13,21-22H,14H2,1-2H3. The van der Waals surface area contributed by atoms with Crippen molar-refractivity contribution in [2.24, 2.45) is 0 Å². The molecule has 27 heavy (non-hydrogen) atoms. The molecule has 0 spiro atoms. The average molecular weight is 347 g/mol. The molecule has 130 valence electrons. The van der Waals surface area contributed by atoms with Gasteiger partial charge in [-0.3, -0.25) is 0 Å². The first-order valence-corrected chi connectivity index (χ1v) is 9.81. The van der Waals surface area contributed by atoms with Crippen LogP contribution in [0.25, 0.3) is 22.2 Å². The van der Waals surface area contributed by atoms with E-state index >= 15 is 0 Å². The van der Waals surface area contributed by atoms with Gasteiger partial charge in [0.1, 0.15) is 0 Å². The van der Waals surface area contributed by atoms with Gasteiger partial charge in [0.2, 0.25) is 0 Å². The van der Waals surface area contributed by atoms with Crippen LogP contribution in [0.15, 0.2) is 66.7 Å². The molecule has 0 aliphatic heterocycles. The van der Waals surface area contributed by atoms with E-state index in [-0.39, 0.29) is 0 Å². The third kappa shape index (κ3) is 2.03. The van der Waals surface area contributed by atoms with Gasteiger partial charge in [-0.25, -0.2) is 4.98 Å². The van der Waals surface area contributed by atoms with E-state index in [1.165, 1.54) is 56.4 Å². The fourth-order valence-electron chi connectivity index (χ4n) is 5.49. The van der Waals surface area contributed by atoms with Crippen LogP contribution >= 0.6 is 0 Å². The molecule has 1 aromatic heterocycles. The van der Waals surface area contributed by atoms with E-state index in [2.05, 4.69) is 80.6 Å². The van der Waals surface area contributed by atoms with Crippen molar-refractivity contribution in [3.8, 4) is 11.3 Å². The number of hydrogen-bond acceptors (Lipinski definition) is 1. The van der Waals surface area contributed by atoms with Crippen LogP contribution in [0.5, 0.6) is 0 Å². The van der Waals surface area contributed by atoms with Crippen LogP contribution < -0.4 is 0 Å². The predicted octanol–water partition coefficient (Wildman–Crippen LogP) is 6.50. The Kier molecular flexibility index (Phi) is 2.97. The zero-order chi connectivity index (χ0) is 18.1. The number of pyridine rings is 1. The van der Waals surface area contributed by atoms with Crippen molar-refractivity contribution in [2.45, 2.75) is 32.1 Å². The summed E-state index contributed by atoms with van der Waals surface area (Å²) >= 11 is 0. The van der Waals surface area contributed by atoms with Crippen molar-refractivity contribution in [3.63, 3.8) is 0 Å². The molecule has 0 amide bonds. The molecule has 2 aliphatic rings. The SMILES string of the molecule is Cc1cc(C)cc(-c2nc3ccccc3c3c2C2CC3c3ccccc32)c1. The highest BCUT2D eigenvalue weighted by molar-refractivity contribution is 5.91. The lowest BCUT2D eigenvalue weighted by Gasteiger charge is -2.23. The van der Waals surface area contributed by atoms with Gasteiger partial charge in [0, 0.05) is 22.8 Å². The van der Waals surface area contributed by atoms with E-state index < -0.39 is 0 Å².